The van der Waals surface area contributed by atoms with Crippen molar-refractivity contribution in [2.75, 3.05) is 18.7 Å². The average molecular weight is 276 g/mol. The Morgan fingerprint density at radius 1 is 1.42 bits per heavy atom. The van der Waals surface area contributed by atoms with Crippen molar-refractivity contribution in [2.45, 2.75) is 13.8 Å². The molecule has 0 unspecified atom stereocenters. The molecule has 4 nitrogen and oxygen atoms in total. The number of esters is 1. The maximum atomic E-state index is 11.5. The zero-order chi connectivity index (χ0) is 14.4. The summed E-state index contributed by atoms with van der Waals surface area (Å²) in [4.78, 5) is 11.5. The second-order valence-electron chi connectivity index (χ2n) is 3.96. The molecule has 1 aromatic rings. The van der Waals surface area contributed by atoms with E-state index in [1.54, 1.807) is 6.26 Å². The number of carbonyl (C=O) groups excluding carboxylic acids is 1. The van der Waals surface area contributed by atoms with E-state index in [1.807, 2.05) is 38.1 Å². The summed E-state index contributed by atoms with van der Waals surface area (Å²) in [5.41, 5.74) is 3.00. The Morgan fingerprint density at radius 3 is 2.63 bits per heavy atom. The lowest BCUT2D eigenvalue weighted by Crippen LogP contribution is -2.10. The van der Waals surface area contributed by atoms with E-state index in [0.29, 0.717) is 5.03 Å². The van der Waals surface area contributed by atoms with Crippen LogP contribution >= 0.6 is 11.8 Å². The number of methoxy groups -OCH3 is 1. The van der Waals surface area contributed by atoms with Gasteiger partial charge in [-0.2, -0.15) is 5.26 Å². The topological polar surface area (TPSA) is 62.1 Å². The van der Waals surface area contributed by atoms with Gasteiger partial charge in [-0.3, -0.25) is 0 Å². The summed E-state index contributed by atoms with van der Waals surface area (Å²) in [6, 6.07) is 7.84. The number of benzene rings is 1. The first-order chi connectivity index (χ1) is 9.03. The van der Waals surface area contributed by atoms with Crippen molar-refractivity contribution in [2.24, 2.45) is 0 Å². The highest BCUT2D eigenvalue weighted by Gasteiger charge is 2.16. The van der Waals surface area contributed by atoms with Crippen LogP contribution in [0.15, 0.2) is 28.8 Å². The number of ether oxygens (including phenoxy) is 1. The number of rotatable bonds is 4. The fourth-order valence-electron chi connectivity index (χ4n) is 1.50. The van der Waals surface area contributed by atoms with Crippen molar-refractivity contribution < 1.29 is 9.53 Å². The van der Waals surface area contributed by atoms with E-state index in [1.165, 1.54) is 18.9 Å². The van der Waals surface area contributed by atoms with Gasteiger partial charge in [0.05, 0.1) is 12.1 Å². The molecule has 0 atom stereocenters. The van der Waals surface area contributed by atoms with Gasteiger partial charge >= 0.3 is 5.97 Å². The van der Waals surface area contributed by atoms with Gasteiger partial charge in [-0.1, -0.05) is 12.1 Å². The molecule has 0 radical (unpaired) electrons. The van der Waals surface area contributed by atoms with E-state index < -0.39 is 5.97 Å². The monoisotopic (exact) mass is 276 g/mol. The maximum absolute atomic E-state index is 11.5. The number of carbonyl (C=O) groups is 1. The van der Waals surface area contributed by atoms with Crippen LogP contribution in [0, 0.1) is 25.2 Å². The van der Waals surface area contributed by atoms with E-state index in [2.05, 4.69) is 10.1 Å². The molecule has 5 heteroatoms. The van der Waals surface area contributed by atoms with Crippen LogP contribution in [0.25, 0.3) is 0 Å². The van der Waals surface area contributed by atoms with Gasteiger partial charge in [0.25, 0.3) is 0 Å². The van der Waals surface area contributed by atoms with Crippen LogP contribution in [-0.2, 0) is 9.53 Å². The minimum atomic E-state index is -0.635. The van der Waals surface area contributed by atoms with Crippen LogP contribution in [0.4, 0.5) is 5.69 Å². The molecule has 1 N–H and O–H groups in total. The minimum Gasteiger partial charge on any atom is -0.465 e. The molecule has 19 heavy (non-hydrogen) atoms. The van der Waals surface area contributed by atoms with Crippen molar-refractivity contribution in [3.8, 4) is 6.07 Å². The molecule has 0 bridgehead atoms. The Balaban J connectivity index is 3.19. The normalized spacial score (nSPS) is 11.3. The smallest absolute Gasteiger partial charge is 0.351 e. The molecule has 1 rings (SSSR count). The van der Waals surface area contributed by atoms with Crippen molar-refractivity contribution >= 4 is 23.4 Å². The molecule has 1 aromatic carbocycles. The van der Waals surface area contributed by atoms with E-state index in [0.717, 1.165) is 16.8 Å². The second-order valence-corrected chi connectivity index (χ2v) is 4.77. The van der Waals surface area contributed by atoms with Crippen molar-refractivity contribution in [1.29, 1.82) is 5.26 Å². The quantitative estimate of drug-likeness (QED) is 0.520. The molecular weight excluding hydrogens is 260 g/mol. The minimum absolute atomic E-state index is 0.0177. The summed E-state index contributed by atoms with van der Waals surface area (Å²) in [6.45, 7) is 3.95. The fourth-order valence-corrected chi connectivity index (χ4v) is 2.04. The highest BCUT2D eigenvalue weighted by Crippen LogP contribution is 2.24. The summed E-state index contributed by atoms with van der Waals surface area (Å²) in [5.74, 6) is -0.635. The van der Waals surface area contributed by atoms with Crippen LogP contribution < -0.4 is 5.32 Å². The Bertz CT molecular complexity index is 559. The number of anilines is 1. The molecule has 0 aromatic heterocycles. The Labute approximate surface area is 117 Å². The van der Waals surface area contributed by atoms with Crippen LogP contribution in [0.1, 0.15) is 11.1 Å². The highest BCUT2D eigenvalue weighted by atomic mass is 32.2. The predicted octanol–water partition coefficient (Wildman–Crippen LogP) is 2.99. The summed E-state index contributed by atoms with van der Waals surface area (Å²) < 4.78 is 4.61. The Kier molecular flexibility index (Phi) is 5.46. The zero-order valence-electron chi connectivity index (χ0n) is 11.4. The Hall–Kier alpha value is -1.93. The van der Waals surface area contributed by atoms with Gasteiger partial charge in [0, 0.05) is 5.69 Å². The average Bonchev–Trinajstić information content (AvgIpc) is 2.41. The highest BCUT2D eigenvalue weighted by molar-refractivity contribution is 8.02. The molecule has 0 heterocycles. The van der Waals surface area contributed by atoms with Gasteiger partial charge in [0.2, 0.25) is 0 Å². The standard InChI is InChI=1S/C14H16N2O2S/c1-9-5-6-10(2)12(7-9)16-13(19-4)11(8-15)14(17)18-3/h5-7,16H,1-4H3. The second kappa shape index (κ2) is 6.86. The summed E-state index contributed by atoms with van der Waals surface area (Å²) in [7, 11) is 1.26. The number of hydrogen-bond donors (Lipinski definition) is 1. The third kappa shape index (κ3) is 3.76. The molecule has 0 spiro atoms. The number of nitriles is 1. The number of nitrogens with zero attached hydrogens (tertiary/aromatic N) is 1. The number of hydrogen-bond acceptors (Lipinski definition) is 5. The van der Waals surface area contributed by atoms with Gasteiger partial charge < -0.3 is 10.1 Å². The van der Waals surface area contributed by atoms with Crippen LogP contribution in [0.2, 0.25) is 0 Å². The van der Waals surface area contributed by atoms with Crippen molar-refractivity contribution in [3.05, 3.63) is 39.9 Å². The molecular formula is C14H16N2O2S. The van der Waals surface area contributed by atoms with Gasteiger partial charge in [-0.25, -0.2) is 4.79 Å². The third-order valence-electron chi connectivity index (χ3n) is 2.57. The van der Waals surface area contributed by atoms with Crippen LogP contribution in [0.5, 0.6) is 0 Å². The van der Waals surface area contributed by atoms with E-state index >= 15 is 0 Å². The molecule has 0 fully saturated rings. The van der Waals surface area contributed by atoms with Gasteiger partial charge in [-0.05, 0) is 37.3 Å². The summed E-state index contributed by atoms with van der Waals surface area (Å²) >= 11 is 1.30. The molecule has 0 aliphatic carbocycles. The molecule has 100 valence electrons. The van der Waals surface area contributed by atoms with Crippen molar-refractivity contribution in [1.82, 2.24) is 0 Å². The molecule has 0 saturated carbocycles. The number of nitrogens with one attached hydrogen (secondary N) is 1. The van der Waals surface area contributed by atoms with Gasteiger partial charge in [-0.15, -0.1) is 11.8 Å². The van der Waals surface area contributed by atoms with Gasteiger partial charge in [0.15, 0.2) is 5.57 Å². The summed E-state index contributed by atoms with van der Waals surface area (Å²) in [5, 5.41) is 12.7. The van der Waals surface area contributed by atoms with Crippen LogP contribution in [0.3, 0.4) is 0 Å². The first kappa shape index (κ1) is 15.1. The number of thioether (sulfide) groups is 1. The lowest BCUT2D eigenvalue weighted by molar-refractivity contribution is -0.135. The van der Waals surface area contributed by atoms with E-state index in [-0.39, 0.29) is 5.57 Å². The fraction of sp³-hybridized carbons (Fsp3) is 0.286. The first-order valence-electron chi connectivity index (χ1n) is 5.64. The molecule has 0 saturated heterocycles. The lowest BCUT2D eigenvalue weighted by Gasteiger charge is -2.13. The van der Waals surface area contributed by atoms with Crippen molar-refractivity contribution in [3.63, 3.8) is 0 Å². The zero-order valence-corrected chi connectivity index (χ0v) is 12.2. The molecule has 0 amide bonds. The third-order valence-corrected chi connectivity index (χ3v) is 3.29. The molecule has 0 aliphatic heterocycles. The largest absolute Gasteiger partial charge is 0.465 e. The molecule has 0 aliphatic rings. The predicted molar refractivity (Wildman–Crippen MR) is 77.7 cm³/mol. The Morgan fingerprint density at radius 2 is 2.11 bits per heavy atom. The SMILES string of the molecule is COC(=O)C(C#N)=C(Nc1cc(C)ccc1C)SC. The van der Waals surface area contributed by atoms with E-state index in [9.17, 15) is 4.79 Å². The summed E-state index contributed by atoms with van der Waals surface area (Å²) in [6.07, 6.45) is 1.80. The van der Waals surface area contributed by atoms with Gasteiger partial charge in [0.1, 0.15) is 6.07 Å². The number of aryl methyl sites for hydroxylation is 2. The van der Waals surface area contributed by atoms with Crippen LogP contribution in [-0.4, -0.2) is 19.3 Å². The maximum Gasteiger partial charge on any atom is 0.351 e. The van der Waals surface area contributed by atoms with E-state index in [4.69, 9.17) is 5.26 Å². The first-order valence-corrected chi connectivity index (χ1v) is 6.87. The lowest BCUT2D eigenvalue weighted by atomic mass is 10.1.